The Morgan fingerprint density at radius 1 is 1.43 bits per heavy atom. The van der Waals surface area contributed by atoms with Gasteiger partial charge in [-0.2, -0.15) is 0 Å². The maximum Gasteiger partial charge on any atom is 0.243 e. The third-order valence-electron chi connectivity index (χ3n) is 5.43. The molecular weight excluding hydrogens is 284 g/mol. The SMILES string of the molecule is CCC1(C)NC(C2CCCC2)N(CCC(C)S(C)=O)C1=O. The lowest BCUT2D eigenvalue weighted by molar-refractivity contribution is -0.133. The minimum atomic E-state index is -0.814. The highest BCUT2D eigenvalue weighted by Gasteiger charge is 2.49. The fourth-order valence-corrected chi connectivity index (χ4v) is 3.97. The lowest BCUT2D eigenvalue weighted by Crippen LogP contribution is -2.45. The molecule has 122 valence electrons. The Balaban J connectivity index is 2.09. The van der Waals surface area contributed by atoms with E-state index in [4.69, 9.17) is 0 Å². The first kappa shape index (κ1) is 16.9. The minimum absolute atomic E-state index is 0.149. The van der Waals surface area contributed by atoms with Crippen LogP contribution in [-0.2, 0) is 15.6 Å². The van der Waals surface area contributed by atoms with Gasteiger partial charge in [-0.15, -0.1) is 0 Å². The number of amides is 1. The normalized spacial score (nSPS) is 33.6. The average Bonchev–Trinajstić information content (AvgIpc) is 3.05. The van der Waals surface area contributed by atoms with Crippen LogP contribution in [0.4, 0.5) is 0 Å². The Kier molecular flexibility index (Phi) is 5.47. The lowest BCUT2D eigenvalue weighted by atomic mass is 9.99. The predicted octanol–water partition coefficient (Wildman–Crippen LogP) is 2.26. The van der Waals surface area contributed by atoms with E-state index in [-0.39, 0.29) is 17.3 Å². The summed E-state index contributed by atoms with van der Waals surface area (Å²) in [7, 11) is -0.814. The summed E-state index contributed by atoms with van der Waals surface area (Å²) in [6, 6.07) is 0. The Morgan fingerprint density at radius 2 is 2.05 bits per heavy atom. The number of hydrogen-bond donors (Lipinski definition) is 1. The van der Waals surface area contributed by atoms with Crippen molar-refractivity contribution >= 4 is 16.7 Å². The van der Waals surface area contributed by atoms with Crippen LogP contribution < -0.4 is 5.32 Å². The molecule has 1 aliphatic carbocycles. The predicted molar refractivity (Wildman–Crippen MR) is 87.4 cm³/mol. The molecule has 4 nitrogen and oxygen atoms in total. The molecule has 21 heavy (non-hydrogen) atoms. The van der Waals surface area contributed by atoms with Crippen molar-refractivity contribution in [3.05, 3.63) is 0 Å². The highest BCUT2D eigenvalue weighted by Crippen LogP contribution is 2.35. The summed E-state index contributed by atoms with van der Waals surface area (Å²) < 4.78 is 11.5. The van der Waals surface area contributed by atoms with Crippen LogP contribution in [0.1, 0.15) is 59.3 Å². The maximum atomic E-state index is 12.8. The Bertz CT molecular complexity index is 409. The van der Waals surface area contributed by atoms with Gasteiger partial charge in [0, 0.05) is 28.9 Å². The van der Waals surface area contributed by atoms with E-state index in [0.717, 1.165) is 19.4 Å². The van der Waals surface area contributed by atoms with Gasteiger partial charge in [0.15, 0.2) is 0 Å². The van der Waals surface area contributed by atoms with Crippen LogP contribution in [0.3, 0.4) is 0 Å². The first-order valence-corrected chi connectivity index (χ1v) is 9.92. The Morgan fingerprint density at radius 3 is 2.57 bits per heavy atom. The zero-order chi connectivity index (χ0) is 15.6. The van der Waals surface area contributed by atoms with Gasteiger partial charge in [0.25, 0.3) is 0 Å². The zero-order valence-corrected chi connectivity index (χ0v) is 14.7. The van der Waals surface area contributed by atoms with Crippen LogP contribution in [0.5, 0.6) is 0 Å². The summed E-state index contributed by atoms with van der Waals surface area (Å²) in [5, 5.41) is 3.76. The molecule has 0 aromatic heterocycles. The number of hydrogen-bond acceptors (Lipinski definition) is 3. The smallest absolute Gasteiger partial charge is 0.243 e. The van der Waals surface area contributed by atoms with E-state index in [9.17, 15) is 9.00 Å². The fourth-order valence-electron chi connectivity index (χ4n) is 3.54. The standard InChI is InChI=1S/C16H30N2O2S/c1-5-16(3)15(19)18(11-10-12(2)21(4)20)14(17-16)13-8-6-7-9-13/h12-14,17H,5-11H2,1-4H3. The summed E-state index contributed by atoms with van der Waals surface area (Å²) in [5.41, 5.74) is -0.415. The highest BCUT2D eigenvalue weighted by atomic mass is 32.2. The highest BCUT2D eigenvalue weighted by molar-refractivity contribution is 7.84. The first-order valence-electron chi connectivity index (χ1n) is 8.30. The molecule has 1 saturated heterocycles. The van der Waals surface area contributed by atoms with Crippen LogP contribution in [0.15, 0.2) is 0 Å². The van der Waals surface area contributed by atoms with Crippen molar-refractivity contribution in [1.29, 1.82) is 0 Å². The van der Waals surface area contributed by atoms with Crippen molar-refractivity contribution in [1.82, 2.24) is 10.2 Å². The summed E-state index contributed by atoms with van der Waals surface area (Å²) in [5.74, 6) is 0.820. The molecule has 1 amide bonds. The van der Waals surface area contributed by atoms with E-state index in [0.29, 0.717) is 5.92 Å². The van der Waals surface area contributed by atoms with Gasteiger partial charge in [-0.1, -0.05) is 26.7 Å². The molecule has 5 heteroatoms. The van der Waals surface area contributed by atoms with E-state index in [1.165, 1.54) is 25.7 Å². The second-order valence-corrected chi connectivity index (χ2v) is 8.72. The summed E-state index contributed by atoms with van der Waals surface area (Å²) >= 11 is 0. The minimum Gasteiger partial charge on any atom is -0.325 e. The van der Waals surface area contributed by atoms with Crippen LogP contribution >= 0.6 is 0 Å². The van der Waals surface area contributed by atoms with Gasteiger partial charge in [-0.25, -0.2) is 0 Å². The van der Waals surface area contributed by atoms with Crippen molar-refractivity contribution in [3.8, 4) is 0 Å². The van der Waals surface area contributed by atoms with Crippen molar-refractivity contribution < 1.29 is 9.00 Å². The van der Waals surface area contributed by atoms with Crippen molar-refractivity contribution in [3.63, 3.8) is 0 Å². The topological polar surface area (TPSA) is 49.4 Å². The first-order chi connectivity index (χ1) is 9.89. The molecule has 2 rings (SSSR count). The van der Waals surface area contributed by atoms with Gasteiger partial charge in [0.05, 0.1) is 11.7 Å². The number of nitrogens with one attached hydrogen (secondary N) is 1. The Hall–Kier alpha value is -0.420. The summed E-state index contributed by atoms with van der Waals surface area (Å²) in [6.45, 7) is 6.83. The van der Waals surface area contributed by atoms with Gasteiger partial charge in [0.1, 0.15) is 0 Å². The third kappa shape index (κ3) is 3.50. The van der Waals surface area contributed by atoms with E-state index in [1.807, 2.05) is 18.7 Å². The Labute approximate surface area is 131 Å². The fraction of sp³-hybridized carbons (Fsp3) is 0.938. The maximum absolute atomic E-state index is 12.8. The molecule has 4 unspecified atom stereocenters. The van der Waals surface area contributed by atoms with Gasteiger partial charge >= 0.3 is 0 Å². The van der Waals surface area contributed by atoms with E-state index >= 15 is 0 Å². The van der Waals surface area contributed by atoms with Crippen LogP contribution in [0.25, 0.3) is 0 Å². The molecule has 1 saturated carbocycles. The molecule has 4 atom stereocenters. The lowest BCUT2D eigenvalue weighted by Gasteiger charge is -2.29. The number of carbonyl (C=O) groups is 1. The van der Waals surface area contributed by atoms with E-state index in [1.54, 1.807) is 6.26 Å². The molecule has 0 radical (unpaired) electrons. The number of rotatable bonds is 6. The third-order valence-corrected chi connectivity index (χ3v) is 6.80. The number of carbonyl (C=O) groups excluding carboxylic acids is 1. The van der Waals surface area contributed by atoms with Crippen LogP contribution in [0, 0.1) is 5.92 Å². The monoisotopic (exact) mass is 314 g/mol. The van der Waals surface area contributed by atoms with Crippen molar-refractivity contribution in [2.45, 2.75) is 76.3 Å². The quantitative estimate of drug-likeness (QED) is 0.818. The van der Waals surface area contributed by atoms with E-state index < -0.39 is 16.3 Å². The van der Waals surface area contributed by atoms with Crippen LogP contribution in [-0.4, -0.2) is 44.8 Å². The van der Waals surface area contributed by atoms with Gasteiger partial charge in [0.2, 0.25) is 5.91 Å². The van der Waals surface area contributed by atoms with Gasteiger partial charge in [-0.3, -0.25) is 14.3 Å². The second-order valence-electron chi connectivity index (χ2n) is 6.92. The molecule has 1 heterocycles. The van der Waals surface area contributed by atoms with E-state index in [2.05, 4.69) is 12.2 Å². The molecule has 0 aromatic rings. The molecular formula is C16H30N2O2S. The molecule has 1 N–H and O–H groups in total. The van der Waals surface area contributed by atoms with Crippen molar-refractivity contribution in [2.24, 2.45) is 5.92 Å². The largest absolute Gasteiger partial charge is 0.325 e. The molecule has 1 aliphatic heterocycles. The summed E-state index contributed by atoms with van der Waals surface area (Å²) in [4.78, 5) is 14.8. The summed E-state index contributed by atoms with van der Waals surface area (Å²) in [6.07, 6.45) is 8.57. The van der Waals surface area contributed by atoms with Crippen molar-refractivity contribution in [2.75, 3.05) is 12.8 Å². The molecule has 2 fully saturated rings. The zero-order valence-electron chi connectivity index (χ0n) is 13.9. The van der Waals surface area contributed by atoms with Crippen LogP contribution in [0.2, 0.25) is 0 Å². The number of nitrogens with zero attached hydrogens (tertiary/aromatic N) is 1. The molecule has 0 bridgehead atoms. The van der Waals surface area contributed by atoms with Gasteiger partial charge < -0.3 is 4.90 Å². The molecule has 0 aromatic carbocycles. The molecule has 2 aliphatic rings. The van der Waals surface area contributed by atoms with Gasteiger partial charge in [-0.05, 0) is 38.5 Å². The second kappa shape index (κ2) is 6.78. The molecule has 0 spiro atoms. The average molecular weight is 314 g/mol.